The third-order valence-corrected chi connectivity index (χ3v) is 5.14. The van der Waals surface area contributed by atoms with E-state index in [2.05, 4.69) is 19.9 Å². The molecule has 3 nitrogen and oxygen atoms in total. The van der Waals surface area contributed by atoms with Crippen molar-refractivity contribution < 1.29 is 13.0 Å². The van der Waals surface area contributed by atoms with Crippen LogP contribution < -0.4 is 0 Å². The zero-order chi connectivity index (χ0) is 17.2. The van der Waals surface area contributed by atoms with Gasteiger partial charge in [-0.15, -0.1) is 0 Å². The summed E-state index contributed by atoms with van der Waals surface area (Å²) in [4.78, 5) is 0.0881. The van der Waals surface area contributed by atoms with E-state index in [9.17, 15) is 13.0 Å². The highest BCUT2D eigenvalue weighted by Crippen LogP contribution is 2.35. The summed E-state index contributed by atoms with van der Waals surface area (Å²) in [6.07, 6.45) is 2.95. The van der Waals surface area contributed by atoms with Gasteiger partial charge in [-0.05, 0) is 41.2 Å². The number of fused-ring (bicyclic) bond motifs is 1. The molecule has 0 aromatic heterocycles. The minimum atomic E-state index is -4.27. The number of hydrogen-bond acceptors (Lipinski definition) is 2. The molecule has 0 amide bonds. The van der Waals surface area contributed by atoms with Gasteiger partial charge in [0.25, 0.3) is 10.1 Å². The smallest absolute Gasteiger partial charge is 0.282 e. The van der Waals surface area contributed by atoms with Crippen molar-refractivity contribution in [3.63, 3.8) is 0 Å². The Bertz CT molecular complexity index is 790. The first-order valence-corrected chi connectivity index (χ1v) is 9.67. The highest BCUT2D eigenvalue weighted by molar-refractivity contribution is 7.86. The van der Waals surface area contributed by atoms with Gasteiger partial charge in [0.1, 0.15) is 4.90 Å². The van der Waals surface area contributed by atoms with Crippen molar-refractivity contribution in [2.24, 2.45) is 5.92 Å². The topological polar surface area (TPSA) is 54.4 Å². The number of aryl methyl sites for hydroxylation is 1. The first-order valence-electron chi connectivity index (χ1n) is 8.23. The van der Waals surface area contributed by atoms with Crippen molar-refractivity contribution in [2.75, 3.05) is 0 Å². The van der Waals surface area contributed by atoms with Crippen molar-refractivity contribution >= 4 is 20.9 Å². The molecule has 0 aliphatic carbocycles. The van der Waals surface area contributed by atoms with Gasteiger partial charge in [-0.3, -0.25) is 4.55 Å². The van der Waals surface area contributed by atoms with Crippen molar-refractivity contribution in [3.05, 3.63) is 41.5 Å². The van der Waals surface area contributed by atoms with Gasteiger partial charge in [0.15, 0.2) is 0 Å². The first-order chi connectivity index (χ1) is 10.7. The van der Waals surface area contributed by atoms with Crippen LogP contribution >= 0.6 is 0 Å². The van der Waals surface area contributed by atoms with Crippen LogP contribution in [-0.2, 0) is 16.5 Å². The second-order valence-corrected chi connectivity index (χ2v) is 8.27. The molecule has 0 atom stereocenters. The van der Waals surface area contributed by atoms with Gasteiger partial charge < -0.3 is 0 Å². The minimum absolute atomic E-state index is 0.0329. The Hall–Kier alpha value is -1.39. The van der Waals surface area contributed by atoms with E-state index in [-0.39, 0.29) is 10.8 Å². The molecule has 126 valence electrons. The van der Waals surface area contributed by atoms with E-state index in [1.165, 1.54) is 0 Å². The SMILES string of the molecule is CC(C)CCCc1cc2ccccc2c(S(=O)(=O)O)c1C(C)C. The van der Waals surface area contributed by atoms with Gasteiger partial charge >= 0.3 is 0 Å². The first kappa shape index (κ1) is 18.0. The Balaban J connectivity index is 2.68. The van der Waals surface area contributed by atoms with Crippen LogP contribution in [-0.4, -0.2) is 13.0 Å². The molecule has 2 aromatic rings. The van der Waals surface area contributed by atoms with Crippen LogP contribution in [0.4, 0.5) is 0 Å². The van der Waals surface area contributed by atoms with Crippen LogP contribution in [0.25, 0.3) is 10.8 Å². The van der Waals surface area contributed by atoms with Crippen LogP contribution in [0.5, 0.6) is 0 Å². The predicted octanol–water partition coefficient (Wildman–Crippen LogP) is 5.19. The van der Waals surface area contributed by atoms with Crippen molar-refractivity contribution in [2.45, 2.75) is 57.8 Å². The van der Waals surface area contributed by atoms with Crippen LogP contribution in [0.1, 0.15) is 57.6 Å². The molecule has 0 unspecified atom stereocenters. The maximum atomic E-state index is 12.1. The lowest BCUT2D eigenvalue weighted by Gasteiger charge is -2.19. The molecular weight excluding hydrogens is 308 g/mol. The van der Waals surface area contributed by atoms with Gasteiger partial charge in [0.05, 0.1) is 0 Å². The van der Waals surface area contributed by atoms with Gasteiger partial charge in [-0.1, -0.05) is 64.4 Å². The monoisotopic (exact) mass is 334 g/mol. The summed E-state index contributed by atoms with van der Waals surface area (Å²) < 4.78 is 34.0. The lowest BCUT2D eigenvalue weighted by Crippen LogP contribution is -2.09. The molecular formula is C19H26O3S. The Labute approximate surface area is 139 Å². The van der Waals surface area contributed by atoms with E-state index in [0.29, 0.717) is 11.3 Å². The molecule has 0 saturated heterocycles. The summed E-state index contributed by atoms with van der Waals surface area (Å²) in [6.45, 7) is 8.33. The van der Waals surface area contributed by atoms with Gasteiger partial charge in [0.2, 0.25) is 0 Å². The highest BCUT2D eigenvalue weighted by Gasteiger charge is 2.24. The summed E-state index contributed by atoms with van der Waals surface area (Å²) in [6, 6.07) is 9.45. The fourth-order valence-corrected chi connectivity index (χ4v) is 4.31. The zero-order valence-corrected chi connectivity index (χ0v) is 15.2. The van der Waals surface area contributed by atoms with E-state index in [0.717, 1.165) is 35.8 Å². The van der Waals surface area contributed by atoms with Crippen LogP contribution in [0.15, 0.2) is 35.2 Å². The Morgan fingerprint density at radius 2 is 1.74 bits per heavy atom. The largest absolute Gasteiger partial charge is 0.295 e. The van der Waals surface area contributed by atoms with Crippen LogP contribution in [0.3, 0.4) is 0 Å². The lowest BCUT2D eigenvalue weighted by molar-refractivity contribution is 0.482. The average Bonchev–Trinajstić information content (AvgIpc) is 2.44. The molecule has 4 heteroatoms. The van der Waals surface area contributed by atoms with Gasteiger partial charge in [-0.2, -0.15) is 8.42 Å². The van der Waals surface area contributed by atoms with Gasteiger partial charge in [-0.25, -0.2) is 0 Å². The Kier molecular flexibility index (Phi) is 5.48. The van der Waals surface area contributed by atoms with Crippen molar-refractivity contribution in [1.29, 1.82) is 0 Å². The Morgan fingerprint density at radius 1 is 1.09 bits per heavy atom. The summed E-state index contributed by atoms with van der Waals surface area (Å²) in [7, 11) is -4.27. The van der Waals surface area contributed by atoms with E-state index in [1.807, 2.05) is 26.0 Å². The fraction of sp³-hybridized carbons (Fsp3) is 0.474. The van der Waals surface area contributed by atoms with E-state index >= 15 is 0 Å². The van der Waals surface area contributed by atoms with E-state index in [4.69, 9.17) is 0 Å². The molecule has 0 aliphatic rings. The standard InChI is InChI=1S/C19H26O3S/c1-13(2)8-7-10-16-12-15-9-5-6-11-17(15)19(23(20,21)22)18(16)14(3)4/h5-6,9,11-14H,7-8,10H2,1-4H3,(H,20,21,22). The van der Waals surface area contributed by atoms with E-state index < -0.39 is 10.1 Å². The second-order valence-electron chi connectivity index (χ2n) is 6.92. The van der Waals surface area contributed by atoms with E-state index in [1.54, 1.807) is 12.1 Å². The molecule has 0 aliphatic heterocycles. The average molecular weight is 334 g/mol. The highest BCUT2D eigenvalue weighted by atomic mass is 32.2. The van der Waals surface area contributed by atoms with Crippen molar-refractivity contribution in [3.8, 4) is 0 Å². The van der Waals surface area contributed by atoms with Crippen molar-refractivity contribution in [1.82, 2.24) is 0 Å². The third-order valence-electron chi connectivity index (χ3n) is 4.19. The molecule has 2 rings (SSSR count). The molecule has 23 heavy (non-hydrogen) atoms. The third kappa shape index (κ3) is 4.12. The lowest BCUT2D eigenvalue weighted by atomic mass is 9.90. The maximum absolute atomic E-state index is 12.1. The summed E-state index contributed by atoms with van der Waals surface area (Å²) in [5.41, 5.74) is 1.79. The summed E-state index contributed by atoms with van der Waals surface area (Å²) in [5, 5.41) is 1.47. The van der Waals surface area contributed by atoms with Gasteiger partial charge in [0, 0.05) is 5.39 Å². The van der Waals surface area contributed by atoms with Crippen LogP contribution in [0.2, 0.25) is 0 Å². The molecule has 0 spiro atoms. The maximum Gasteiger partial charge on any atom is 0.295 e. The normalized spacial score (nSPS) is 12.5. The molecule has 2 aromatic carbocycles. The molecule has 0 saturated carbocycles. The second kappa shape index (κ2) is 7.02. The molecule has 0 fully saturated rings. The number of benzene rings is 2. The van der Waals surface area contributed by atoms with Crippen LogP contribution in [0, 0.1) is 5.92 Å². The molecule has 0 heterocycles. The molecule has 0 radical (unpaired) electrons. The number of rotatable bonds is 6. The predicted molar refractivity (Wildman–Crippen MR) is 95.6 cm³/mol. The minimum Gasteiger partial charge on any atom is -0.282 e. The quantitative estimate of drug-likeness (QED) is 0.740. The number of hydrogen-bond donors (Lipinski definition) is 1. The summed E-state index contributed by atoms with van der Waals surface area (Å²) >= 11 is 0. The fourth-order valence-electron chi connectivity index (χ4n) is 3.20. The molecule has 0 bridgehead atoms. The Morgan fingerprint density at radius 3 is 2.30 bits per heavy atom. The molecule has 1 N–H and O–H groups in total. The summed E-state index contributed by atoms with van der Waals surface area (Å²) in [5.74, 6) is 0.657. The zero-order valence-electron chi connectivity index (χ0n) is 14.3.